The Labute approximate surface area is 400 Å². The zero-order chi connectivity index (χ0) is 47.3. The number of hydrogen-bond donors (Lipinski definition) is 6. The fraction of sp³-hybridized carbons (Fsp3) is 0.911. The third-order valence-corrected chi connectivity index (χ3v) is 13.6. The highest BCUT2D eigenvalue weighted by Crippen LogP contribution is 2.23. The second-order valence-electron chi connectivity index (χ2n) is 19.7. The number of ether oxygens (including phenoxy) is 2. The lowest BCUT2D eigenvalue weighted by atomic mass is 9.99. The third kappa shape index (κ3) is 36.3. The van der Waals surface area contributed by atoms with E-state index in [0.717, 1.165) is 64.2 Å². The van der Waals surface area contributed by atoms with Crippen molar-refractivity contribution in [3.63, 3.8) is 0 Å². The lowest BCUT2D eigenvalue weighted by Crippen LogP contribution is -2.60. The van der Waals surface area contributed by atoms with Gasteiger partial charge in [-0.15, -0.1) is 0 Å². The number of carbonyl (C=O) groups is 1. The number of aliphatic hydroxyl groups is 5. The van der Waals surface area contributed by atoms with Crippen LogP contribution in [0.2, 0.25) is 0 Å². The maximum absolute atomic E-state index is 13.0. The first-order chi connectivity index (χ1) is 31.8. The van der Waals surface area contributed by atoms with E-state index < -0.39 is 49.5 Å². The summed E-state index contributed by atoms with van der Waals surface area (Å²) in [6.07, 6.45) is 50.7. The van der Waals surface area contributed by atoms with Crippen molar-refractivity contribution in [2.24, 2.45) is 0 Å². The van der Waals surface area contributed by atoms with Crippen LogP contribution in [0.5, 0.6) is 0 Å². The van der Waals surface area contributed by atoms with Crippen molar-refractivity contribution in [1.29, 1.82) is 0 Å². The molecule has 1 saturated heterocycles. The fourth-order valence-electron chi connectivity index (χ4n) is 9.06. The van der Waals surface area contributed by atoms with E-state index >= 15 is 0 Å². The van der Waals surface area contributed by atoms with Crippen molar-refractivity contribution in [3.8, 4) is 0 Å². The molecule has 1 heterocycles. The number of rotatable bonds is 48. The molecule has 0 saturated carbocycles. The Balaban J connectivity index is 2.16. The third-order valence-electron chi connectivity index (χ3n) is 13.6. The average molecular weight is 922 g/mol. The Bertz CT molecular complexity index is 1070. The van der Waals surface area contributed by atoms with E-state index in [-0.39, 0.29) is 12.5 Å². The molecule has 1 fully saturated rings. The normalized spacial score (nSPS) is 20.0. The van der Waals surface area contributed by atoms with Crippen molar-refractivity contribution >= 4 is 5.91 Å². The maximum Gasteiger partial charge on any atom is 0.220 e. The summed E-state index contributed by atoms with van der Waals surface area (Å²) < 4.78 is 11.3. The first kappa shape index (κ1) is 61.7. The monoisotopic (exact) mass is 922 g/mol. The van der Waals surface area contributed by atoms with E-state index in [1.165, 1.54) is 180 Å². The van der Waals surface area contributed by atoms with Gasteiger partial charge >= 0.3 is 0 Å². The Hall–Kier alpha value is -1.33. The minimum Gasteiger partial charge on any atom is -0.394 e. The summed E-state index contributed by atoms with van der Waals surface area (Å²) >= 11 is 0. The summed E-state index contributed by atoms with van der Waals surface area (Å²) in [7, 11) is 0. The molecule has 6 N–H and O–H groups in total. The molecule has 384 valence electrons. The second kappa shape index (κ2) is 46.4. The van der Waals surface area contributed by atoms with E-state index in [9.17, 15) is 30.3 Å². The van der Waals surface area contributed by atoms with Crippen LogP contribution < -0.4 is 5.32 Å². The summed E-state index contributed by atoms with van der Waals surface area (Å²) in [5.74, 6) is -0.156. The molecule has 1 rings (SSSR count). The van der Waals surface area contributed by atoms with Crippen LogP contribution in [0.3, 0.4) is 0 Å². The molecule has 0 bridgehead atoms. The number of nitrogens with one attached hydrogen (secondary N) is 1. The van der Waals surface area contributed by atoms with Gasteiger partial charge in [0.1, 0.15) is 24.4 Å². The number of hydrogen-bond acceptors (Lipinski definition) is 8. The van der Waals surface area contributed by atoms with Gasteiger partial charge in [-0.3, -0.25) is 4.79 Å². The zero-order valence-electron chi connectivity index (χ0n) is 42.5. The van der Waals surface area contributed by atoms with Gasteiger partial charge in [-0.25, -0.2) is 0 Å². The van der Waals surface area contributed by atoms with E-state index in [4.69, 9.17) is 9.47 Å². The minimum atomic E-state index is -1.55. The van der Waals surface area contributed by atoms with Gasteiger partial charge < -0.3 is 40.3 Å². The number of amides is 1. The predicted octanol–water partition coefficient (Wildman–Crippen LogP) is 13.4. The molecular weight excluding hydrogens is 815 g/mol. The average Bonchev–Trinajstić information content (AvgIpc) is 3.31. The molecule has 9 heteroatoms. The zero-order valence-corrected chi connectivity index (χ0v) is 42.5. The van der Waals surface area contributed by atoms with Crippen molar-refractivity contribution in [1.82, 2.24) is 5.32 Å². The summed E-state index contributed by atoms with van der Waals surface area (Å²) in [5, 5.41) is 54.6. The molecule has 0 aliphatic carbocycles. The van der Waals surface area contributed by atoms with Gasteiger partial charge in [-0.1, -0.05) is 250 Å². The molecule has 0 radical (unpaired) electrons. The van der Waals surface area contributed by atoms with Crippen LogP contribution in [0, 0.1) is 0 Å². The van der Waals surface area contributed by atoms with Crippen LogP contribution in [-0.4, -0.2) is 87.5 Å². The van der Waals surface area contributed by atoms with Gasteiger partial charge in [0.25, 0.3) is 0 Å². The SMILES string of the molecule is CCCC/C=C\C/C=C\CCCCCCCC(=O)NC(COC1OC(CO)C(O)C(O)C1O)C(O)CCCCCCCCCCCCCCCCCCCCCCCCCCCCCC. The molecule has 7 unspecified atom stereocenters. The molecule has 1 aliphatic rings. The van der Waals surface area contributed by atoms with Gasteiger partial charge in [0, 0.05) is 6.42 Å². The Kier molecular flexibility index (Phi) is 44.0. The van der Waals surface area contributed by atoms with Crippen molar-refractivity contribution in [2.45, 2.75) is 314 Å². The molecular formula is C56H107NO8. The molecule has 65 heavy (non-hydrogen) atoms. The fourth-order valence-corrected chi connectivity index (χ4v) is 9.06. The van der Waals surface area contributed by atoms with Gasteiger partial charge in [-0.2, -0.15) is 0 Å². The number of aliphatic hydroxyl groups excluding tert-OH is 5. The van der Waals surface area contributed by atoms with E-state index in [1.54, 1.807) is 0 Å². The van der Waals surface area contributed by atoms with Crippen LogP contribution in [0.25, 0.3) is 0 Å². The standard InChI is InChI=1S/C56H107NO8/c1-3-5-7-9-11-13-15-17-19-20-21-22-23-24-25-26-27-28-29-30-31-32-33-35-37-39-41-43-45-50(59)49(48-64-56-55(63)54(62)53(61)51(47-58)65-56)57-52(60)46-44-42-40-38-36-34-18-16-14-12-10-8-6-4-2/h10,12,16,18,49-51,53-56,58-59,61-63H,3-9,11,13-15,17,19-48H2,1-2H3,(H,57,60)/b12-10-,18-16-. The number of allylic oxidation sites excluding steroid dienone is 4. The summed E-state index contributed by atoms with van der Waals surface area (Å²) in [6.45, 7) is 3.81. The van der Waals surface area contributed by atoms with Gasteiger partial charge in [0.05, 0.1) is 25.4 Å². The topological polar surface area (TPSA) is 149 Å². The van der Waals surface area contributed by atoms with Crippen LogP contribution in [0.4, 0.5) is 0 Å². The Morgan fingerprint density at radius 2 is 0.923 bits per heavy atom. The van der Waals surface area contributed by atoms with Crippen molar-refractivity contribution in [2.75, 3.05) is 13.2 Å². The summed E-state index contributed by atoms with van der Waals surface area (Å²) in [4.78, 5) is 13.0. The van der Waals surface area contributed by atoms with Crippen LogP contribution >= 0.6 is 0 Å². The first-order valence-corrected chi connectivity index (χ1v) is 28.0. The molecule has 1 amide bonds. The van der Waals surface area contributed by atoms with E-state index in [1.807, 2.05) is 0 Å². The Morgan fingerprint density at radius 3 is 1.37 bits per heavy atom. The molecule has 1 aliphatic heterocycles. The first-order valence-electron chi connectivity index (χ1n) is 28.0. The van der Waals surface area contributed by atoms with Gasteiger partial charge in [-0.05, 0) is 38.5 Å². The molecule has 0 aromatic carbocycles. The maximum atomic E-state index is 13.0. The van der Waals surface area contributed by atoms with E-state index in [0.29, 0.717) is 12.8 Å². The lowest BCUT2D eigenvalue weighted by molar-refractivity contribution is -0.302. The molecule has 0 spiro atoms. The van der Waals surface area contributed by atoms with Crippen LogP contribution in [0.15, 0.2) is 24.3 Å². The highest BCUT2D eigenvalue weighted by molar-refractivity contribution is 5.76. The quantitative estimate of drug-likeness (QED) is 0.0261. The summed E-state index contributed by atoms with van der Waals surface area (Å²) in [6, 6.07) is -0.725. The molecule has 9 nitrogen and oxygen atoms in total. The van der Waals surface area contributed by atoms with Crippen LogP contribution in [0.1, 0.15) is 271 Å². The summed E-state index contributed by atoms with van der Waals surface area (Å²) in [5.41, 5.74) is 0. The van der Waals surface area contributed by atoms with Gasteiger partial charge in [0.2, 0.25) is 5.91 Å². The van der Waals surface area contributed by atoms with Gasteiger partial charge in [0.15, 0.2) is 6.29 Å². The van der Waals surface area contributed by atoms with Crippen molar-refractivity contribution in [3.05, 3.63) is 24.3 Å². The predicted molar refractivity (Wildman–Crippen MR) is 272 cm³/mol. The minimum absolute atomic E-state index is 0.142. The molecule has 0 aromatic heterocycles. The van der Waals surface area contributed by atoms with E-state index in [2.05, 4.69) is 43.5 Å². The van der Waals surface area contributed by atoms with Crippen molar-refractivity contribution < 1.29 is 39.8 Å². The second-order valence-corrected chi connectivity index (χ2v) is 19.7. The number of carbonyl (C=O) groups excluding carboxylic acids is 1. The van der Waals surface area contributed by atoms with Crippen LogP contribution in [-0.2, 0) is 14.3 Å². The lowest BCUT2D eigenvalue weighted by Gasteiger charge is -2.40. The number of unbranched alkanes of at least 4 members (excludes halogenated alkanes) is 34. The highest BCUT2D eigenvalue weighted by atomic mass is 16.7. The smallest absolute Gasteiger partial charge is 0.220 e. The molecule has 0 aromatic rings. The Morgan fingerprint density at radius 1 is 0.523 bits per heavy atom. The highest BCUT2D eigenvalue weighted by Gasteiger charge is 2.44. The largest absolute Gasteiger partial charge is 0.394 e. The molecule has 7 atom stereocenters.